The maximum atomic E-state index is 12.6. The number of carbonyl (C=O) groups is 1. The van der Waals surface area contributed by atoms with E-state index in [1.54, 1.807) is 6.08 Å². The van der Waals surface area contributed by atoms with Crippen molar-refractivity contribution >= 4 is 50.1 Å². The number of thiazole rings is 1. The van der Waals surface area contributed by atoms with Crippen LogP contribution in [0.1, 0.15) is 30.0 Å². The third-order valence-corrected chi connectivity index (χ3v) is 7.40. The first kappa shape index (κ1) is 26.1. The average Bonchev–Trinajstić information content (AvgIpc) is 3.45. The number of thioether (sulfide) groups is 1. The van der Waals surface area contributed by atoms with E-state index in [0.717, 1.165) is 32.6 Å². The monoisotopic (exact) mass is 583 g/mol. The molecule has 1 amide bonds. The van der Waals surface area contributed by atoms with Crippen LogP contribution in [0.2, 0.25) is 0 Å². The predicted molar refractivity (Wildman–Crippen MR) is 150 cm³/mol. The number of benzene rings is 2. The van der Waals surface area contributed by atoms with Crippen LogP contribution >= 0.6 is 39.0 Å². The van der Waals surface area contributed by atoms with E-state index in [1.165, 1.54) is 23.1 Å². The molecule has 186 valence electrons. The molecule has 2 aromatic heterocycles. The lowest BCUT2D eigenvalue weighted by atomic mass is 10.1. The van der Waals surface area contributed by atoms with E-state index < -0.39 is 0 Å². The van der Waals surface area contributed by atoms with E-state index >= 15 is 0 Å². The SMILES string of the molecule is C=CCn1c(SCC(=O)Nc2nc(-c3ccc(Br)cc3)cs2)nnc1C(C)Oc1cc(C)cc(C)c1. The Balaban J connectivity index is 1.39. The quantitative estimate of drug-likeness (QED) is 0.162. The molecule has 2 heterocycles. The summed E-state index contributed by atoms with van der Waals surface area (Å²) in [4.78, 5) is 17.1. The molecular weight excluding hydrogens is 558 g/mol. The van der Waals surface area contributed by atoms with Gasteiger partial charge in [0.2, 0.25) is 5.91 Å². The minimum absolute atomic E-state index is 0.161. The minimum atomic E-state index is -0.325. The van der Waals surface area contributed by atoms with Crippen LogP contribution in [0.15, 0.2) is 70.1 Å². The van der Waals surface area contributed by atoms with E-state index in [0.29, 0.717) is 22.7 Å². The Bertz CT molecular complexity index is 1350. The molecule has 1 atom stereocenters. The number of hydrogen-bond acceptors (Lipinski definition) is 7. The van der Waals surface area contributed by atoms with Crippen molar-refractivity contribution in [3.05, 3.63) is 81.9 Å². The lowest BCUT2D eigenvalue weighted by molar-refractivity contribution is -0.113. The summed E-state index contributed by atoms with van der Waals surface area (Å²) in [6.45, 7) is 10.4. The van der Waals surface area contributed by atoms with E-state index in [-0.39, 0.29) is 17.8 Å². The molecule has 0 bridgehead atoms. The van der Waals surface area contributed by atoms with Gasteiger partial charge in [0.25, 0.3) is 0 Å². The number of allylic oxidation sites excluding steroid dienone is 1. The Hall–Kier alpha value is -2.95. The van der Waals surface area contributed by atoms with Crippen molar-refractivity contribution in [2.75, 3.05) is 11.1 Å². The third kappa shape index (κ3) is 6.63. The second-order valence-corrected chi connectivity index (χ2v) is 10.9. The fourth-order valence-electron chi connectivity index (χ4n) is 3.64. The standard InChI is InChI=1S/C26H26BrN5O2S2/c1-5-10-32-24(18(4)34-21-12-16(2)11-17(3)13-21)30-31-26(32)36-15-23(33)29-25-28-22(14-35-25)19-6-8-20(27)9-7-19/h5-9,11-14,18H,1,10,15H2,2-4H3,(H,28,29,33). The highest BCUT2D eigenvalue weighted by Gasteiger charge is 2.20. The minimum Gasteiger partial charge on any atom is -0.483 e. The van der Waals surface area contributed by atoms with Gasteiger partial charge in [-0.15, -0.1) is 28.1 Å². The molecular formula is C26H26BrN5O2S2. The summed E-state index contributed by atoms with van der Waals surface area (Å²) in [5, 5.41) is 14.7. The van der Waals surface area contributed by atoms with Gasteiger partial charge < -0.3 is 10.1 Å². The number of hydrogen-bond donors (Lipinski definition) is 1. The van der Waals surface area contributed by atoms with Gasteiger partial charge in [-0.1, -0.05) is 52.0 Å². The topological polar surface area (TPSA) is 81.9 Å². The van der Waals surface area contributed by atoms with E-state index in [2.05, 4.69) is 49.1 Å². The summed E-state index contributed by atoms with van der Waals surface area (Å²) in [5.41, 5.74) is 4.09. The van der Waals surface area contributed by atoms with Crippen LogP contribution in [0.4, 0.5) is 5.13 Å². The molecule has 0 aliphatic rings. The first-order chi connectivity index (χ1) is 17.3. The van der Waals surface area contributed by atoms with Crippen LogP contribution in [0.25, 0.3) is 11.3 Å². The largest absolute Gasteiger partial charge is 0.483 e. The number of halogens is 1. The van der Waals surface area contributed by atoms with Crippen LogP contribution in [-0.4, -0.2) is 31.4 Å². The van der Waals surface area contributed by atoms with Crippen LogP contribution in [0.3, 0.4) is 0 Å². The van der Waals surface area contributed by atoms with Crippen LogP contribution in [0, 0.1) is 13.8 Å². The first-order valence-electron chi connectivity index (χ1n) is 11.3. The zero-order chi connectivity index (χ0) is 25.7. The molecule has 4 rings (SSSR count). The van der Waals surface area contributed by atoms with E-state index in [1.807, 2.05) is 67.1 Å². The number of carbonyl (C=O) groups excluding carboxylic acids is 1. The van der Waals surface area contributed by atoms with Gasteiger partial charge in [-0.3, -0.25) is 9.36 Å². The van der Waals surface area contributed by atoms with Gasteiger partial charge in [0.15, 0.2) is 22.2 Å². The number of aromatic nitrogens is 4. The molecule has 0 radical (unpaired) electrons. The summed E-state index contributed by atoms with van der Waals surface area (Å²) in [6.07, 6.45) is 1.45. The molecule has 0 saturated carbocycles. The van der Waals surface area contributed by atoms with Crippen molar-refractivity contribution in [2.45, 2.75) is 38.6 Å². The highest BCUT2D eigenvalue weighted by atomic mass is 79.9. The molecule has 0 aliphatic carbocycles. The Morgan fingerprint density at radius 1 is 1.22 bits per heavy atom. The molecule has 1 unspecified atom stereocenters. The second-order valence-electron chi connectivity index (χ2n) is 8.21. The molecule has 4 aromatic rings. The summed E-state index contributed by atoms with van der Waals surface area (Å²) in [5.74, 6) is 1.48. The Labute approximate surface area is 227 Å². The zero-order valence-corrected chi connectivity index (χ0v) is 23.4. The van der Waals surface area contributed by atoms with Crippen molar-refractivity contribution < 1.29 is 9.53 Å². The van der Waals surface area contributed by atoms with Crippen LogP contribution in [0.5, 0.6) is 5.75 Å². The molecule has 7 nitrogen and oxygen atoms in total. The molecule has 36 heavy (non-hydrogen) atoms. The molecule has 10 heteroatoms. The van der Waals surface area contributed by atoms with Crippen molar-refractivity contribution in [2.24, 2.45) is 0 Å². The Morgan fingerprint density at radius 2 is 1.94 bits per heavy atom. The lowest BCUT2D eigenvalue weighted by Crippen LogP contribution is -2.15. The van der Waals surface area contributed by atoms with Crippen molar-refractivity contribution in [3.8, 4) is 17.0 Å². The highest BCUT2D eigenvalue weighted by Crippen LogP contribution is 2.28. The first-order valence-corrected chi connectivity index (χ1v) is 13.9. The molecule has 0 spiro atoms. The number of nitrogens with one attached hydrogen (secondary N) is 1. The average molecular weight is 585 g/mol. The normalized spacial score (nSPS) is 11.8. The Morgan fingerprint density at radius 3 is 2.64 bits per heavy atom. The number of amides is 1. The van der Waals surface area contributed by atoms with Gasteiger partial charge in [0.05, 0.1) is 11.4 Å². The van der Waals surface area contributed by atoms with Gasteiger partial charge in [-0.25, -0.2) is 4.98 Å². The lowest BCUT2D eigenvalue weighted by Gasteiger charge is -2.16. The number of aryl methyl sites for hydroxylation is 2. The van der Waals surface area contributed by atoms with Gasteiger partial charge in [-0.2, -0.15) is 0 Å². The number of nitrogens with zero attached hydrogens (tertiary/aromatic N) is 4. The molecule has 2 aromatic carbocycles. The van der Waals surface area contributed by atoms with Gasteiger partial charge in [0, 0.05) is 22.0 Å². The fourth-order valence-corrected chi connectivity index (χ4v) is 5.39. The maximum absolute atomic E-state index is 12.6. The number of ether oxygens (including phenoxy) is 1. The Kier molecular flexibility index (Phi) is 8.60. The van der Waals surface area contributed by atoms with Gasteiger partial charge >= 0.3 is 0 Å². The summed E-state index contributed by atoms with van der Waals surface area (Å²) in [6, 6.07) is 14.0. The molecule has 1 N–H and O–H groups in total. The second kappa shape index (κ2) is 11.9. The van der Waals surface area contributed by atoms with Gasteiger partial charge in [0.1, 0.15) is 5.75 Å². The van der Waals surface area contributed by atoms with Crippen molar-refractivity contribution in [3.63, 3.8) is 0 Å². The fraction of sp³-hybridized carbons (Fsp3) is 0.231. The highest BCUT2D eigenvalue weighted by molar-refractivity contribution is 9.10. The summed E-state index contributed by atoms with van der Waals surface area (Å²) in [7, 11) is 0. The third-order valence-electron chi connectivity index (χ3n) is 5.15. The van der Waals surface area contributed by atoms with Crippen molar-refractivity contribution in [1.29, 1.82) is 0 Å². The zero-order valence-electron chi connectivity index (χ0n) is 20.2. The van der Waals surface area contributed by atoms with E-state index in [4.69, 9.17) is 4.74 Å². The maximum Gasteiger partial charge on any atom is 0.236 e. The van der Waals surface area contributed by atoms with Crippen LogP contribution < -0.4 is 10.1 Å². The summed E-state index contributed by atoms with van der Waals surface area (Å²) >= 11 is 6.14. The smallest absolute Gasteiger partial charge is 0.236 e. The predicted octanol–water partition coefficient (Wildman–Crippen LogP) is 6.84. The molecule has 0 fully saturated rings. The van der Waals surface area contributed by atoms with Crippen LogP contribution in [-0.2, 0) is 11.3 Å². The number of rotatable bonds is 10. The van der Waals surface area contributed by atoms with Crippen molar-refractivity contribution in [1.82, 2.24) is 19.7 Å². The number of anilines is 1. The summed E-state index contributed by atoms with van der Waals surface area (Å²) < 4.78 is 9.09. The molecule has 0 saturated heterocycles. The van der Waals surface area contributed by atoms with Gasteiger partial charge in [-0.05, 0) is 56.2 Å². The van der Waals surface area contributed by atoms with E-state index in [9.17, 15) is 4.79 Å². The molecule has 0 aliphatic heterocycles.